The Hall–Kier alpha value is -1.06. The van der Waals surface area contributed by atoms with Gasteiger partial charge >= 0.3 is 0 Å². The maximum absolute atomic E-state index is 5.81. The number of benzene rings is 1. The highest BCUT2D eigenvalue weighted by molar-refractivity contribution is 5.33. The molecule has 0 saturated carbocycles. The molecule has 2 rings (SSSR count). The minimum Gasteiger partial charge on any atom is -0.492 e. The molecule has 1 aromatic rings. The first kappa shape index (κ1) is 14.4. The van der Waals surface area contributed by atoms with E-state index in [1.165, 1.54) is 18.4 Å². The van der Waals surface area contributed by atoms with E-state index in [0.717, 1.165) is 38.5 Å². The van der Waals surface area contributed by atoms with Crippen LogP contribution in [-0.2, 0) is 6.54 Å². The van der Waals surface area contributed by atoms with E-state index >= 15 is 0 Å². The molecule has 106 valence electrons. The van der Waals surface area contributed by atoms with Gasteiger partial charge in [0.05, 0.1) is 0 Å². The minimum absolute atomic E-state index is 0.548. The Morgan fingerprint density at radius 2 is 2.21 bits per heavy atom. The maximum atomic E-state index is 5.81. The molecule has 0 bridgehead atoms. The molecule has 0 fully saturated rings. The number of fused-ring (bicyclic) bond motifs is 1. The molecule has 1 aliphatic heterocycles. The van der Waals surface area contributed by atoms with Gasteiger partial charge in [0, 0.05) is 31.2 Å². The van der Waals surface area contributed by atoms with Crippen molar-refractivity contribution in [2.75, 3.05) is 26.2 Å². The maximum Gasteiger partial charge on any atom is 0.123 e. The Kier molecular flexibility index (Phi) is 5.67. The van der Waals surface area contributed by atoms with E-state index in [1.54, 1.807) is 0 Å². The van der Waals surface area contributed by atoms with Crippen molar-refractivity contribution < 1.29 is 4.74 Å². The van der Waals surface area contributed by atoms with Gasteiger partial charge in [-0.1, -0.05) is 31.5 Å². The summed E-state index contributed by atoms with van der Waals surface area (Å²) in [5, 5.41) is 3.55. The molecule has 0 spiro atoms. The quantitative estimate of drug-likeness (QED) is 0.798. The second-order valence-corrected chi connectivity index (χ2v) is 5.33. The fourth-order valence-corrected chi connectivity index (χ4v) is 2.46. The number of hydrogen-bond donors (Lipinski definition) is 1. The molecule has 19 heavy (non-hydrogen) atoms. The second-order valence-electron chi connectivity index (χ2n) is 5.33. The summed E-state index contributed by atoms with van der Waals surface area (Å²) in [7, 11) is 0. The van der Waals surface area contributed by atoms with E-state index in [9.17, 15) is 0 Å². The van der Waals surface area contributed by atoms with Crippen molar-refractivity contribution in [3.8, 4) is 5.75 Å². The van der Waals surface area contributed by atoms with E-state index in [2.05, 4.69) is 42.3 Å². The highest BCUT2D eigenvalue weighted by atomic mass is 16.5. The lowest BCUT2D eigenvalue weighted by atomic mass is 10.1. The average Bonchev–Trinajstić information content (AvgIpc) is 2.65. The molecule has 1 heterocycles. The zero-order valence-corrected chi connectivity index (χ0v) is 12.2. The minimum atomic E-state index is 0.548. The van der Waals surface area contributed by atoms with Crippen molar-refractivity contribution >= 4 is 0 Å². The number of rotatable bonds is 6. The van der Waals surface area contributed by atoms with Gasteiger partial charge in [-0.25, -0.2) is 0 Å². The van der Waals surface area contributed by atoms with Crippen molar-refractivity contribution in [1.82, 2.24) is 10.2 Å². The molecule has 1 atom stereocenters. The van der Waals surface area contributed by atoms with Crippen molar-refractivity contribution in [2.24, 2.45) is 0 Å². The molecule has 1 aliphatic rings. The SMILES string of the molecule is CCCCNCC(C)N1CCOc2ccccc2C1. The summed E-state index contributed by atoms with van der Waals surface area (Å²) in [6, 6.07) is 8.93. The van der Waals surface area contributed by atoms with Crippen LogP contribution in [0.5, 0.6) is 5.75 Å². The Morgan fingerprint density at radius 3 is 3.05 bits per heavy atom. The third-order valence-corrected chi connectivity index (χ3v) is 3.75. The number of hydrogen-bond acceptors (Lipinski definition) is 3. The lowest BCUT2D eigenvalue weighted by molar-refractivity contribution is 0.176. The predicted molar refractivity (Wildman–Crippen MR) is 79.6 cm³/mol. The van der Waals surface area contributed by atoms with Crippen molar-refractivity contribution in [3.05, 3.63) is 29.8 Å². The molecule has 1 N–H and O–H groups in total. The normalized spacial score (nSPS) is 17.4. The Morgan fingerprint density at radius 1 is 1.37 bits per heavy atom. The van der Waals surface area contributed by atoms with Crippen LogP contribution < -0.4 is 10.1 Å². The first-order valence-electron chi connectivity index (χ1n) is 7.46. The third kappa shape index (κ3) is 4.22. The molecule has 0 aromatic heterocycles. The van der Waals surface area contributed by atoms with E-state index in [0.29, 0.717) is 6.04 Å². The van der Waals surface area contributed by atoms with Crippen LogP contribution in [0.15, 0.2) is 24.3 Å². The van der Waals surface area contributed by atoms with Crippen LogP contribution in [0.4, 0.5) is 0 Å². The second kappa shape index (κ2) is 7.51. The van der Waals surface area contributed by atoms with Gasteiger partial charge in [-0.05, 0) is 26.0 Å². The van der Waals surface area contributed by atoms with E-state index in [-0.39, 0.29) is 0 Å². The van der Waals surface area contributed by atoms with Gasteiger partial charge in [0.15, 0.2) is 0 Å². The monoisotopic (exact) mass is 262 g/mol. The van der Waals surface area contributed by atoms with Crippen LogP contribution in [0.1, 0.15) is 32.3 Å². The first-order chi connectivity index (χ1) is 9.31. The number of unbranched alkanes of at least 4 members (excludes halogenated alkanes) is 1. The van der Waals surface area contributed by atoms with Gasteiger partial charge in [-0.2, -0.15) is 0 Å². The zero-order valence-electron chi connectivity index (χ0n) is 12.2. The van der Waals surface area contributed by atoms with Gasteiger partial charge < -0.3 is 10.1 Å². The van der Waals surface area contributed by atoms with Crippen molar-refractivity contribution in [1.29, 1.82) is 0 Å². The van der Waals surface area contributed by atoms with E-state index in [1.807, 2.05) is 6.07 Å². The summed E-state index contributed by atoms with van der Waals surface area (Å²) in [5.41, 5.74) is 1.31. The van der Waals surface area contributed by atoms with Gasteiger partial charge in [0.1, 0.15) is 12.4 Å². The van der Waals surface area contributed by atoms with Crippen molar-refractivity contribution in [3.63, 3.8) is 0 Å². The number of nitrogens with one attached hydrogen (secondary N) is 1. The Labute approximate surface area is 116 Å². The molecule has 3 nitrogen and oxygen atoms in total. The van der Waals surface area contributed by atoms with Gasteiger partial charge in [-0.3, -0.25) is 4.90 Å². The standard InChI is InChI=1S/C16H26N2O/c1-3-4-9-17-12-14(2)18-10-11-19-16-8-6-5-7-15(16)13-18/h5-8,14,17H,3-4,9-13H2,1-2H3. The van der Waals surface area contributed by atoms with Crippen LogP contribution in [0, 0.1) is 0 Å². The van der Waals surface area contributed by atoms with Crippen LogP contribution >= 0.6 is 0 Å². The summed E-state index contributed by atoms with van der Waals surface area (Å²) in [6.45, 7) is 9.50. The van der Waals surface area contributed by atoms with E-state index in [4.69, 9.17) is 4.74 Å². The van der Waals surface area contributed by atoms with Gasteiger partial charge in [0.25, 0.3) is 0 Å². The smallest absolute Gasteiger partial charge is 0.123 e. The summed E-state index contributed by atoms with van der Waals surface area (Å²) >= 11 is 0. The van der Waals surface area contributed by atoms with Gasteiger partial charge in [0.2, 0.25) is 0 Å². The van der Waals surface area contributed by atoms with Crippen LogP contribution in [0.25, 0.3) is 0 Å². The molecular weight excluding hydrogens is 236 g/mol. The fourth-order valence-electron chi connectivity index (χ4n) is 2.46. The molecule has 0 aliphatic carbocycles. The molecule has 0 amide bonds. The summed E-state index contributed by atoms with van der Waals surface area (Å²) in [6.07, 6.45) is 2.52. The zero-order chi connectivity index (χ0) is 13.5. The van der Waals surface area contributed by atoms with Gasteiger partial charge in [-0.15, -0.1) is 0 Å². The van der Waals surface area contributed by atoms with Crippen LogP contribution in [0.3, 0.4) is 0 Å². The summed E-state index contributed by atoms with van der Waals surface area (Å²) in [5.74, 6) is 1.05. The predicted octanol–water partition coefficient (Wildman–Crippen LogP) is 2.66. The molecule has 1 aromatic carbocycles. The third-order valence-electron chi connectivity index (χ3n) is 3.75. The molecule has 0 radical (unpaired) electrons. The van der Waals surface area contributed by atoms with E-state index < -0.39 is 0 Å². The topological polar surface area (TPSA) is 24.5 Å². The molecule has 1 unspecified atom stereocenters. The summed E-state index contributed by atoms with van der Waals surface area (Å²) in [4.78, 5) is 2.50. The Balaban J connectivity index is 1.87. The summed E-state index contributed by atoms with van der Waals surface area (Å²) < 4.78 is 5.81. The number of nitrogens with zero attached hydrogens (tertiary/aromatic N) is 1. The number of ether oxygens (including phenoxy) is 1. The first-order valence-corrected chi connectivity index (χ1v) is 7.46. The highest BCUT2D eigenvalue weighted by Gasteiger charge is 2.19. The Bertz CT molecular complexity index is 381. The van der Waals surface area contributed by atoms with Crippen molar-refractivity contribution in [2.45, 2.75) is 39.3 Å². The number of para-hydroxylation sites is 1. The van der Waals surface area contributed by atoms with Crippen LogP contribution in [-0.4, -0.2) is 37.2 Å². The largest absolute Gasteiger partial charge is 0.492 e. The molecule has 3 heteroatoms. The molecule has 0 saturated heterocycles. The highest BCUT2D eigenvalue weighted by Crippen LogP contribution is 2.23. The fraction of sp³-hybridized carbons (Fsp3) is 0.625. The average molecular weight is 262 g/mol. The lowest BCUT2D eigenvalue weighted by Gasteiger charge is -2.27. The lowest BCUT2D eigenvalue weighted by Crippen LogP contribution is -2.41. The van der Waals surface area contributed by atoms with Crippen LogP contribution in [0.2, 0.25) is 0 Å². The molecular formula is C16H26N2O.